The molecule has 1 saturated carbocycles. The molecule has 3 aromatic carbocycles. The maximum Gasteiger partial charge on any atom is 0.262 e. The molecule has 1 saturated heterocycles. The van der Waals surface area contributed by atoms with Crippen molar-refractivity contribution in [3.63, 3.8) is 0 Å². The third kappa shape index (κ3) is 6.25. The van der Waals surface area contributed by atoms with E-state index in [1.165, 1.54) is 4.80 Å². The van der Waals surface area contributed by atoms with Gasteiger partial charge in [-0.05, 0) is 66.1 Å². The Labute approximate surface area is 298 Å². The van der Waals surface area contributed by atoms with Crippen LogP contribution in [0.25, 0.3) is 5.82 Å². The van der Waals surface area contributed by atoms with Crippen molar-refractivity contribution in [3.05, 3.63) is 120 Å². The van der Waals surface area contributed by atoms with E-state index in [-0.39, 0.29) is 41.5 Å². The molecule has 262 valence electrons. The van der Waals surface area contributed by atoms with Gasteiger partial charge in [0.1, 0.15) is 23.6 Å². The molecule has 0 radical (unpaired) electrons. The predicted octanol–water partition coefficient (Wildman–Crippen LogP) is 5.20. The highest BCUT2D eigenvalue weighted by atomic mass is 16.5. The molecule has 1 atom stereocenters. The van der Waals surface area contributed by atoms with E-state index in [0.717, 1.165) is 34.6 Å². The Morgan fingerprint density at radius 2 is 1.48 bits per heavy atom. The van der Waals surface area contributed by atoms with Gasteiger partial charge >= 0.3 is 0 Å². The number of rotatable bonds is 10. The van der Waals surface area contributed by atoms with Crippen LogP contribution < -0.4 is 20.1 Å². The number of hydrogen-bond donors (Lipinski definition) is 2. The molecule has 2 aromatic heterocycles. The minimum Gasteiger partial charge on any atom is -0.490 e. The van der Waals surface area contributed by atoms with Gasteiger partial charge in [0, 0.05) is 42.5 Å². The van der Waals surface area contributed by atoms with Crippen LogP contribution in [0, 0.1) is 0 Å². The van der Waals surface area contributed by atoms with Crippen LogP contribution in [0.2, 0.25) is 0 Å². The minimum absolute atomic E-state index is 0.0375. The fourth-order valence-electron chi connectivity index (χ4n) is 6.85. The number of nitrogens with one attached hydrogen (secondary N) is 2. The molecule has 2 aliphatic heterocycles. The molecule has 13 nitrogen and oxygen atoms in total. The molecule has 2 N–H and O–H groups in total. The Morgan fingerprint density at radius 1 is 0.808 bits per heavy atom. The van der Waals surface area contributed by atoms with Crippen LogP contribution >= 0.6 is 0 Å². The molecule has 8 rings (SSSR count). The van der Waals surface area contributed by atoms with Crippen LogP contribution in [-0.2, 0) is 15.0 Å². The number of benzene rings is 3. The third-order valence-corrected chi connectivity index (χ3v) is 9.92. The van der Waals surface area contributed by atoms with Gasteiger partial charge in [0.2, 0.25) is 17.7 Å². The first-order chi connectivity index (χ1) is 25.1. The van der Waals surface area contributed by atoms with Gasteiger partial charge in [0.25, 0.3) is 11.8 Å². The summed E-state index contributed by atoms with van der Waals surface area (Å²) in [4.78, 5) is 57.0. The van der Waals surface area contributed by atoms with Crippen molar-refractivity contribution in [2.24, 2.45) is 0 Å². The standard InChI is InChI=1S/C39H35N7O6/c1-39(2,24-8-13-28(14-9-24)52-35-5-3-4-33(43-35)46-40-18-19-41-46)23-6-11-27(12-7-23)51-29-20-26(21-29)42-25-10-15-30-31(22-25)38(50)45(37(30)49)32-16-17-34(47)44-36(32)48/h3-15,18-19,22,26,29,32,42H,16-17,20-21H2,1-2H3,(H,44,47,48)/t26-,29-,32?. The van der Waals surface area contributed by atoms with E-state index in [1.54, 1.807) is 36.7 Å². The zero-order valence-electron chi connectivity index (χ0n) is 28.5. The molecule has 52 heavy (non-hydrogen) atoms. The van der Waals surface area contributed by atoms with Gasteiger partial charge < -0.3 is 14.8 Å². The third-order valence-electron chi connectivity index (χ3n) is 9.92. The normalized spacial score (nSPS) is 19.9. The second-order valence-corrected chi connectivity index (χ2v) is 13.7. The van der Waals surface area contributed by atoms with E-state index in [2.05, 4.69) is 63.9 Å². The fourth-order valence-corrected chi connectivity index (χ4v) is 6.85. The number of anilines is 1. The summed E-state index contributed by atoms with van der Waals surface area (Å²) in [6, 6.07) is 25.8. The largest absolute Gasteiger partial charge is 0.490 e. The molecule has 0 spiro atoms. The summed E-state index contributed by atoms with van der Waals surface area (Å²) >= 11 is 0. The molecule has 4 heterocycles. The summed E-state index contributed by atoms with van der Waals surface area (Å²) < 4.78 is 12.3. The van der Waals surface area contributed by atoms with Crippen LogP contribution in [0.4, 0.5) is 5.69 Å². The average molecular weight is 698 g/mol. The van der Waals surface area contributed by atoms with Crippen molar-refractivity contribution in [3.8, 4) is 23.2 Å². The van der Waals surface area contributed by atoms with Crippen LogP contribution in [-0.4, -0.2) is 66.7 Å². The van der Waals surface area contributed by atoms with Crippen molar-refractivity contribution in [2.75, 3.05) is 5.32 Å². The highest BCUT2D eigenvalue weighted by molar-refractivity contribution is 6.23. The smallest absolute Gasteiger partial charge is 0.262 e. The van der Waals surface area contributed by atoms with E-state index in [4.69, 9.17) is 9.47 Å². The lowest BCUT2D eigenvalue weighted by molar-refractivity contribution is -0.136. The molecule has 13 heteroatoms. The molecular weight excluding hydrogens is 662 g/mol. The number of hydrogen-bond acceptors (Lipinski definition) is 10. The van der Waals surface area contributed by atoms with Gasteiger partial charge in [-0.1, -0.05) is 44.2 Å². The Hall–Kier alpha value is -6.37. The Morgan fingerprint density at radius 3 is 2.17 bits per heavy atom. The van der Waals surface area contributed by atoms with E-state index < -0.39 is 29.7 Å². The van der Waals surface area contributed by atoms with Gasteiger partial charge in [0.15, 0.2) is 5.82 Å². The highest BCUT2D eigenvalue weighted by Crippen LogP contribution is 2.36. The second-order valence-electron chi connectivity index (χ2n) is 13.7. The maximum absolute atomic E-state index is 13.2. The molecule has 5 aromatic rings. The number of nitrogens with zero attached hydrogens (tertiary/aromatic N) is 5. The Kier molecular flexibility index (Phi) is 8.25. The first-order valence-electron chi connectivity index (χ1n) is 17.1. The number of piperidine rings is 1. The zero-order chi connectivity index (χ0) is 36.0. The summed E-state index contributed by atoms with van der Waals surface area (Å²) in [7, 11) is 0. The van der Waals surface area contributed by atoms with E-state index in [1.807, 2.05) is 36.4 Å². The number of ether oxygens (including phenoxy) is 2. The van der Waals surface area contributed by atoms with Gasteiger partial charge in [0.05, 0.1) is 23.5 Å². The van der Waals surface area contributed by atoms with Gasteiger partial charge in [-0.2, -0.15) is 15.2 Å². The molecular formula is C39H35N7O6. The summed E-state index contributed by atoms with van der Waals surface area (Å²) in [6.07, 6.45) is 4.97. The van der Waals surface area contributed by atoms with Crippen LogP contribution in [0.1, 0.15) is 71.4 Å². The summed E-state index contributed by atoms with van der Waals surface area (Å²) in [5.41, 5.74) is 3.23. The first-order valence-corrected chi connectivity index (χ1v) is 17.1. The molecule has 4 amide bonds. The average Bonchev–Trinajstić information content (AvgIpc) is 3.75. The van der Waals surface area contributed by atoms with E-state index >= 15 is 0 Å². The summed E-state index contributed by atoms with van der Waals surface area (Å²) in [5, 5.41) is 13.9. The number of aromatic nitrogens is 4. The topological polar surface area (TPSA) is 158 Å². The Bertz CT molecular complexity index is 2180. The molecule has 1 aliphatic carbocycles. The monoisotopic (exact) mass is 697 g/mol. The SMILES string of the molecule is CC(C)(c1ccc(Oc2cccc(-n3nccn3)n2)cc1)c1ccc(O[C@H]2C[C@H](Nc3ccc4c(c3)C(=O)N(C3CCC(=O)NC3=O)C4=O)C2)cc1. The summed E-state index contributed by atoms with van der Waals surface area (Å²) in [6.45, 7) is 4.36. The van der Waals surface area contributed by atoms with Gasteiger partial charge in [-0.25, -0.2) is 0 Å². The zero-order valence-corrected chi connectivity index (χ0v) is 28.5. The molecule has 0 bridgehead atoms. The van der Waals surface area contributed by atoms with Crippen LogP contribution in [0.3, 0.4) is 0 Å². The lowest BCUT2D eigenvalue weighted by atomic mass is 9.78. The summed E-state index contributed by atoms with van der Waals surface area (Å²) in [5.74, 6) is 0.413. The molecule has 1 unspecified atom stereocenters. The highest BCUT2D eigenvalue weighted by Gasteiger charge is 2.45. The van der Waals surface area contributed by atoms with Crippen molar-refractivity contribution in [2.45, 2.75) is 63.1 Å². The van der Waals surface area contributed by atoms with Crippen molar-refractivity contribution < 1.29 is 28.7 Å². The van der Waals surface area contributed by atoms with Gasteiger partial charge in [-0.3, -0.25) is 29.4 Å². The predicted molar refractivity (Wildman–Crippen MR) is 188 cm³/mol. The number of fused-ring (bicyclic) bond motifs is 1. The minimum atomic E-state index is -0.988. The number of carbonyl (C=O) groups is 4. The van der Waals surface area contributed by atoms with Gasteiger partial charge in [-0.15, -0.1) is 4.80 Å². The van der Waals surface area contributed by atoms with Crippen molar-refractivity contribution in [1.29, 1.82) is 0 Å². The lowest BCUT2D eigenvalue weighted by Crippen LogP contribution is -2.54. The molecule has 2 fully saturated rings. The van der Waals surface area contributed by atoms with Crippen molar-refractivity contribution in [1.82, 2.24) is 30.2 Å². The quantitative estimate of drug-likeness (QED) is 0.186. The van der Waals surface area contributed by atoms with E-state index in [9.17, 15) is 19.2 Å². The maximum atomic E-state index is 13.2. The van der Waals surface area contributed by atoms with Crippen molar-refractivity contribution >= 4 is 29.3 Å². The second kappa shape index (κ2) is 13.1. The number of pyridine rings is 1. The number of carbonyl (C=O) groups excluding carboxylic acids is 4. The van der Waals surface area contributed by atoms with E-state index in [0.29, 0.717) is 23.1 Å². The van der Waals surface area contributed by atoms with Crippen LogP contribution in [0.15, 0.2) is 97.3 Å². The fraction of sp³-hybridized carbons (Fsp3) is 0.256. The first kappa shape index (κ1) is 32.8. The number of amides is 4. The lowest BCUT2D eigenvalue weighted by Gasteiger charge is -2.36. The number of imide groups is 2. The van der Waals surface area contributed by atoms with Crippen LogP contribution in [0.5, 0.6) is 17.4 Å². The Balaban J connectivity index is 0.840. The molecule has 3 aliphatic rings.